The van der Waals surface area contributed by atoms with Crippen LogP contribution in [0.25, 0.3) is 0 Å². The van der Waals surface area contributed by atoms with Crippen LogP contribution in [0.2, 0.25) is 5.02 Å². The molecule has 0 spiro atoms. The van der Waals surface area contributed by atoms with Crippen molar-refractivity contribution < 1.29 is 9.90 Å². The van der Waals surface area contributed by atoms with E-state index < -0.39 is 11.5 Å². The van der Waals surface area contributed by atoms with Gasteiger partial charge in [0.1, 0.15) is 5.54 Å². The molecule has 18 heavy (non-hydrogen) atoms. The SMILES string of the molecule is Cc1c(Cl)cccc1N1CCC(N)(C(=O)O)CC1. The first kappa shape index (κ1) is 13.2. The molecule has 1 aromatic carbocycles. The maximum Gasteiger partial charge on any atom is 0.323 e. The second kappa shape index (κ2) is 4.78. The van der Waals surface area contributed by atoms with E-state index in [1.165, 1.54) is 0 Å². The summed E-state index contributed by atoms with van der Waals surface area (Å²) >= 11 is 6.09. The third-order valence-electron chi connectivity index (χ3n) is 3.66. The van der Waals surface area contributed by atoms with E-state index in [1.807, 2.05) is 25.1 Å². The largest absolute Gasteiger partial charge is 0.480 e. The molecule has 98 valence electrons. The van der Waals surface area contributed by atoms with E-state index in [-0.39, 0.29) is 0 Å². The van der Waals surface area contributed by atoms with Gasteiger partial charge in [0.05, 0.1) is 0 Å². The Morgan fingerprint density at radius 2 is 2.06 bits per heavy atom. The Kier molecular flexibility index (Phi) is 3.50. The van der Waals surface area contributed by atoms with Crippen LogP contribution in [0.15, 0.2) is 18.2 Å². The van der Waals surface area contributed by atoms with Crippen LogP contribution in [0.1, 0.15) is 18.4 Å². The highest BCUT2D eigenvalue weighted by atomic mass is 35.5. The molecule has 1 fully saturated rings. The number of aliphatic carboxylic acids is 1. The number of carbonyl (C=O) groups is 1. The van der Waals surface area contributed by atoms with Crippen LogP contribution in [-0.4, -0.2) is 29.7 Å². The second-order valence-corrected chi connectivity index (χ2v) is 5.24. The van der Waals surface area contributed by atoms with Gasteiger partial charge in [-0.3, -0.25) is 4.79 Å². The van der Waals surface area contributed by atoms with Crippen molar-refractivity contribution in [2.24, 2.45) is 5.73 Å². The van der Waals surface area contributed by atoms with Crippen molar-refractivity contribution >= 4 is 23.3 Å². The van der Waals surface area contributed by atoms with Crippen LogP contribution in [0.5, 0.6) is 0 Å². The maximum absolute atomic E-state index is 11.1. The zero-order valence-electron chi connectivity index (χ0n) is 10.3. The highest BCUT2D eigenvalue weighted by Gasteiger charge is 2.37. The summed E-state index contributed by atoms with van der Waals surface area (Å²) in [7, 11) is 0. The fraction of sp³-hybridized carbons (Fsp3) is 0.462. The Bertz CT molecular complexity index is 468. The summed E-state index contributed by atoms with van der Waals surface area (Å²) in [5.74, 6) is -0.912. The summed E-state index contributed by atoms with van der Waals surface area (Å²) in [4.78, 5) is 13.2. The van der Waals surface area contributed by atoms with Crippen LogP contribution in [0, 0.1) is 6.92 Å². The topological polar surface area (TPSA) is 66.6 Å². The van der Waals surface area contributed by atoms with Gasteiger partial charge in [0.25, 0.3) is 0 Å². The lowest BCUT2D eigenvalue weighted by molar-refractivity contribution is -0.144. The molecular weight excluding hydrogens is 252 g/mol. The second-order valence-electron chi connectivity index (χ2n) is 4.83. The number of piperidine rings is 1. The minimum Gasteiger partial charge on any atom is -0.480 e. The van der Waals surface area contributed by atoms with Gasteiger partial charge >= 0.3 is 5.97 Å². The number of hydrogen-bond donors (Lipinski definition) is 2. The lowest BCUT2D eigenvalue weighted by atomic mass is 9.88. The number of hydrogen-bond acceptors (Lipinski definition) is 3. The first-order valence-electron chi connectivity index (χ1n) is 5.96. The molecule has 1 aliphatic heterocycles. The first-order chi connectivity index (χ1) is 8.44. The molecule has 0 unspecified atom stereocenters. The summed E-state index contributed by atoms with van der Waals surface area (Å²) in [5, 5.41) is 9.82. The molecule has 2 rings (SSSR count). The van der Waals surface area contributed by atoms with Crippen molar-refractivity contribution in [2.75, 3.05) is 18.0 Å². The number of carboxylic acid groups (broad SMARTS) is 1. The fourth-order valence-electron chi connectivity index (χ4n) is 2.30. The standard InChI is InChI=1S/C13H17ClN2O2/c1-9-10(14)3-2-4-11(9)16-7-5-13(15,6-8-16)12(17)18/h2-4H,5-8,15H2,1H3,(H,17,18). The molecule has 1 aliphatic rings. The third-order valence-corrected chi connectivity index (χ3v) is 4.07. The molecule has 0 aromatic heterocycles. The van der Waals surface area contributed by atoms with Gasteiger partial charge in [-0.25, -0.2) is 0 Å². The highest BCUT2D eigenvalue weighted by molar-refractivity contribution is 6.31. The molecule has 1 saturated heterocycles. The van der Waals surface area contributed by atoms with Crippen LogP contribution >= 0.6 is 11.6 Å². The molecule has 1 heterocycles. The Labute approximate surface area is 111 Å². The minimum absolute atomic E-state index is 0.453. The van der Waals surface area contributed by atoms with Gasteiger partial charge in [-0.05, 0) is 37.5 Å². The third kappa shape index (κ3) is 2.31. The van der Waals surface area contributed by atoms with E-state index in [0.29, 0.717) is 25.9 Å². The number of nitrogens with zero attached hydrogens (tertiary/aromatic N) is 1. The quantitative estimate of drug-likeness (QED) is 0.861. The van der Waals surface area contributed by atoms with Gasteiger partial charge in [-0.1, -0.05) is 17.7 Å². The number of anilines is 1. The van der Waals surface area contributed by atoms with Crippen LogP contribution < -0.4 is 10.6 Å². The Balaban J connectivity index is 2.15. The normalized spacial score (nSPS) is 18.7. The van der Waals surface area contributed by atoms with Gasteiger partial charge in [-0.15, -0.1) is 0 Å². The summed E-state index contributed by atoms with van der Waals surface area (Å²) in [6.07, 6.45) is 0.905. The van der Waals surface area contributed by atoms with Gasteiger partial charge in [-0.2, -0.15) is 0 Å². The van der Waals surface area contributed by atoms with Crippen molar-refractivity contribution in [3.63, 3.8) is 0 Å². The summed E-state index contributed by atoms with van der Waals surface area (Å²) in [6, 6.07) is 5.77. The predicted molar refractivity (Wildman–Crippen MR) is 72.2 cm³/mol. The lowest BCUT2D eigenvalue weighted by Gasteiger charge is -2.38. The molecule has 0 aliphatic carbocycles. The lowest BCUT2D eigenvalue weighted by Crippen LogP contribution is -2.55. The van der Waals surface area contributed by atoms with Crippen LogP contribution in [0.4, 0.5) is 5.69 Å². The fourth-order valence-corrected chi connectivity index (χ4v) is 2.47. The Hall–Kier alpha value is -1.26. The zero-order valence-corrected chi connectivity index (χ0v) is 11.1. The molecule has 0 bridgehead atoms. The molecule has 4 nitrogen and oxygen atoms in total. The molecule has 1 aromatic rings. The summed E-state index contributed by atoms with van der Waals surface area (Å²) in [6.45, 7) is 3.26. The zero-order chi connectivity index (χ0) is 13.3. The van der Waals surface area contributed by atoms with E-state index >= 15 is 0 Å². The number of carboxylic acids is 1. The van der Waals surface area contributed by atoms with Crippen molar-refractivity contribution in [1.82, 2.24) is 0 Å². The monoisotopic (exact) mass is 268 g/mol. The van der Waals surface area contributed by atoms with E-state index in [2.05, 4.69) is 4.90 Å². The van der Waals surface area contributed by atoms with Gasteiger partial charge in [0.15, 0.2) is 0 Å². The van der Waals surface area contributed by atoms with Crippen molar-refractivity contribution in [1.29, 1.82) is 0 Å². The van der Waals surface area contributed by atoms with Crippen LogP contribution in [0.3, 0.4) is 0 Å². The Morgan fingerprint density at radius 1 is 1.44 bits per heavy atom. The average molecular weight is 269 g/mol. The van der Waals surface area contributed by atoms with Gasteiger partial charge in [0, 0.05) is 23.8 Å². The molecule has 3 N–H and O–H groups in total. The molecule has 5 heteroatoms. The summed E-state index contributed by atoms with van der Waals surface area (Å²) < 4.78 is 0. The number of rotatable bonds is 2. The van der Waals surface area contributed by atoms with E-state index in [4.69, 9.17) is 22.4 Å². The Morgan fingerprint density at radius 3 is 2.61 bits per heavy atom. The molecule has 0 amide bonds. The minimum atomic E-state index is -1.08. The smallest absolute Gasteiger partial charge is 0.323 e. The van der Waals surface area contributed by atoms with Crippen molar-refractivity contribution in [3.8, 4) is 0 Å². The molecule has 0 atom stereocenters. The number of halogens is 1. The summed E-state index contributed by atoms with van der Waals surface area (Å²) in [5.41, 5.74) is 6.87. The average Bonchev–Trinajstić information content (AvgIpc) is 2.34. The van der Waals surface area contributed by atoms with Crippen molar-refractivity contribution in [3.05, 3.63) is 28.8 Å². The molecule has 0 saturated carbocycles. The van der Waals surface area contributed by atoms with E-state index in [0.717, 1.165) is 16.3 Å². The number of benzene rings is 1. The predicted octanol–water partition coefficient (Wildman–Crippen LogP) is 2.03. The number of nitrogens with two attached hydrogens (primary N) is 1. The first-order valence-corrected chi connectivity index (χ1v) is 6.34. The highest BCUT2D eigenvalue weighted by Crippen LogP contribution is 2.30. The van der Waals surface area contributed by atoms with Crippen LogP contribution in [-0.2, 0) is 4.79 Å². The molecule has 0 radical (unpaired) electrons. The van der Waals surface area contributed by atoms with Crippen molar-refractivity contribution in [2.45, 2.75) is 25.3 Å². The molecular formula is C13H17ClN2O2. The van der Waals surface area contributed by atoms with Gasteiger partial charge < -0.3 is 15.7 Å². The van der Waals surface area contributed by atoms with Gasteiger partial charge in [0.2, 0.25) is 0 Å². The van der Waals surface area contributed by atoms with E-state index in [1.54, 1.807) is 0 Å². The van der Waals surface area contributed by atoms with E-state index in [9.17, 15) is 4.79 Å². The maximum atomic E-state index is 11.1.